The summed E-state index contributed by atoms with van der Waals surface area (Å²) >= 11 is 0. The molecule has 0 amide bonds. The van der Waals surface area contributed by atoms with Crippen molar-refractivity contribution in [3.63, 3.8) is 0 Å². The average molecular weight is 450 g/mol. The molecule has 0 aliphatic heterocycles. The van der Waals surface area contributed by atoms with Crippen LogP contribution in [0.25, 0.3) is 0 Å². The number of halogens is 1. The molecule has 32 heavy (non-hydrogen) atoms. The van der Waals surface area contributed by atoms with E-state index in [2.05, 4.69) is 24.7 Å². The van der Waals surface area contributed by atoms with Crippen molar-refractivity contribution in [2.24, 2.45) is 0 Å². The summed E-state index contributed by atoms with van der Waals surface area (Å²) in [6, 6.07) is 15.2. The first-order valence-corrected chi connectivity index (χ1v) is 11.7. The Morgan fingerprint density at radius 1 is 0.812 bits per heavy atom. The first kappa shape index (κ1) is 21.5. The molecule has 162 valence electrons. The van der Waals surface area contributed by atoms with Crippen molar-refractivity contribution >= 4 is 15.8 Å². The van der Waals surface area contributed by atoms with Gasteiger partial charge in [-0.2, -0.15) is 0 Å². The van der Waals surface area contributed by atoms with Gasteiger partial charge in [-0.05, 0) is 47.0 Å². The second-order valence-corrected chi connectivity index (χ2v) is 9.00. The highest BCUT2D eigenvalue weighted by molar-refractivity contribution is 7.92. The lowest BCUT2D eigenvalue weighted by Crippen LogP contribution is -2.19. The maximum atomic E-state index is 13.7. The molecule has 1 unspecified atom stereocenters. The molecule has 0 bridgehead atoms. The molecular weight excluding hydrogens is 429 g/mol. The van der Waals surface area contributed by atoms with Crippen LogP contribution in [0, 0.1) is 5.82 Å². The zero-order valence-corrected chi connectivity index (χ0v) is 17.9. The maximum absolute atomic E-state index is 13.7. The molecule has 0 saturated heterocycles. The lowest BCUT2D eigenvalue weighted by Gasteiger charge is -2.27. The van der Waals surface area contributed by atoms with Gasteiger partial charge in [0.25, 0.3) is 0 Å². The summed E-state index contributed by atoms with van der Waals surface area (Å²) in [6.45, 7) is 0. The fraction of sp³-hybridized carbons (Fsp3) is 0.130. The van der Waals surface area contributed by atoms with Gasteiger partial charge < -0.3 is 0 Å². The van der Waals surface area contributed by atoms with E-state index in [4.69, 9.17) is 0 Å². The fourth-order valence-electron chi connectivity index (χ4n) is 3.63. The number of hydrogen-bond acceptors (Lipinski definition) is 6. The van der Waals surface area contributed by atoms with Gasteiger partial charge in [0.05, 0.1) is 12.2 Å². The van der Waals surface area contributed by atoms with E-state index in [9.17, 15) is 12.8 Å². The van der Waals surface area contributed by atoms with Gasteiger partial charge in [-0.3, -0.25) is 14.7 Å². The molecule has 0 fully saturated rings. The van der Waals surface area contributed by atoms with E-state index < -0.39 is 15.9 Å². The summed E-state index contributed by atoms with van der Waals surface area (Å²) in [5.41, 5.74) is 2.54. The van der Waals surface area contributed by atoms with Crippen LogP contribution in [0.5, 0.6) is 0 Å². The largest absolute Gasteiger partial charge is 0.267 e. The van der Waals surface area contributed by atoms with Crippen molar-refractivity contribution in [2.75, 3.05) is 11.0 Å². The number of sulfonamides is 1. The third kappa shape index (κ3) is 5.12. The second-order valence-electron chi connectivity index (χ2n) is 7.25. The first-order chi connectivity index (χ1) is 15.4. The molecule has 4 aromatic rings. The van der Waals surface area contributed by atoms with Gasteiger partial charge in [0.15, 0.2) is 0 Å². The normalized spacial score (nSPS) is 12.5. The zero-order valence-electron chi connectivity index (χ0n) is 17.1. The van der Waals surface area contributed by atoms with Gasteiger partial charge in [0.1, 0.15) is 17.5 Å². The van der Waals surface area contributed by atoms with Crippen molar-refractivity contribution in [1.82, 2.24) is 19.9 Å². The Hall–Kier alpha value is -3.72. The van der Waals surface area contributed by atoms with Crippen LogP contribution < -0.4 is 4.72 Å². The number of aromatic nitrogens is 4. The number of rotatable bonds is 7. The van der Waals surface area contributed by atoms with Crippen LogP contribution in [-0.2, 0) is 10.0 Å². The standard InChI is InChI=1S/C23H20FN5O2S/c1-32(30,31)29-20-10-13-27-23(28-20)22(16-6-8-19(24)9-7-16)21(17-4-2-11-25-14-17)18-5-3-12-26-15-18/h2-15,21-22H,1H3,(H,27,28,29). The number of benzene rings is 1. The van der Waals surface area contributed by atoms with Crippen LogP contribution in [0.15, 0.2) is 85.6 Å². The van der Waals surface area contributed by atoms with Crippen LogP contribution in [0.4, 0.5) is 10.2 Å². The van der Waals surface area contributed by atoms with Gasteiger partial charge in [0.2, 0.25) is 10.0 Å². The van der Waals surface area contributed by atoms with Crippen molar-refractivity contribution in [3.05, 3.63) is 114 Å². The van der Waals surface area contributed by atoms with Gasteiger partial charge in [-0.1, -0.05) is 24.3 Å². The number of pyridine rings is 2. The Kier molecular flexibility index (Phi) is 6.18. The van der Waals surface area contributed by atoms with Crippen LogP contribution in [-0.4, -0.2) is 34.6 Å². The molecule has 0 aliphatic carbocycles. The van der Waals surface area contributed by atoms with E-state index >= 15 is 0 Å². The van der Waals surface area contributed by atoms with Crippen molar-refractivity contribution in [3.8, 4) is 0 Å². The molecule has 0 radical (unpaired) electrons. The average Bonchev–Trinajstić information content (AvgIpc) is 2.78. The third-order valence-electron chi connectivity index (χ3n) is 4.89. The quantitative estimate of drug-likeness (QED) is 0.462. The van der Waals surface area contributed by atoms with E-state index in [0.29, 0.717) is 5.82 Å². The topological polar surface area (TPSA) is 97.7 Å². The summed E-state index contributed by atoms with van der Waals surface area (Å²) in [7, 11) is -3.52. The van der Waals surface area contributed by atoms with E-state index in [1.54, 1.807) is 36.9 Å². The summed E-state index contributed by atoms with van der Waals surface area (Å²) in [5, 5.41) is 0. The predicted molar refractivity (Wildman–Crippen MR) is 119 cm³/mol. The van der Waals surface area contributed by atoms with E-state index in [1.807, 2.05) is 24.3 Å². The maximum Gasteiger partial charge on any atom is 0.230 e. The number of anilines is 1. The van der Waals surface area contributed by atoms with Gasteiger partial charge in [-0.25, -0.2) is 22.8 Å². The zero-order chi connectivity index (χ0) is 22.6. The lowest BCUT2D eigenvalue weighted by molar-refractivity contribution is 0.606. The monoisotopic (exact) mass is 449 g/mol. The number of nitrogens with zero attached hydrogens (tertiary/aromatic N) is 4. The Morgan fingerprint density at radius 3 is 1.97 bits per heavy atom. The molecule has 1 N–H and O–H groups in total. The minimum atomic E-state index is -3.52. The minimum absolute atomic E-state index is 0.153. The minimum Gasteiger partial charge on any atom is -0.267 e. The molecule has 3 aromatic heterocycles. The number of hydrogen-bond donors (Lipinski definition) is 1. The van der Waals surface area contributed by atoms with Crippen LogP contribution in [0.1, 0.15) is 34.4 Å². The highest BCUT2D eigenvalue weighted by Crippen LogP contribution is 2.41. The van der Waals surface area contributed by atoms with Gasteiger partial charge in [0, 0.05) is 36.9 Å². The first-order valence-electron chi connectivity index (χ1n) is 9.77. The summed E-state index contributed by atoms with van der Waals surface area (Å²) in [4.78, 5) is 17.5. The molecule has 1 atom stereocenters. The highest BCUT2D eigenvalue weighted by atomic mass is 32.2. The Bertz CT molecular complexity index is 1250. The predicted octanol–water partition coefficient (Wildman–Crippen LogP) is 3.74. The summed E-state index contributed by atoms with van der Waals surface area (Å²) < 4.78 is 39.6. The highest BCUT2D eigenvalue weighted by Gasteiger charge is 2.31. The molecule has 0 spiro atoms. The molecule has 1 aromatic carbocycles. The molecule has 0 saturated carbocycles. The Morgan fingerprint density at radius 2 is 1.44 bits per heavy atom. The van der Waals surface area contributed by atoms with E-state index in [1.165, 1.54) is 24.4 Å². The number of nitrogens with one attached hydrogen (secondary N) is 1. The van der Waals surface area contributed by atoms with Crippen LogP contribution in [0.3, 0.4) is 0 Å². The molecule has 3 heterocycles. The van der Waals surface area contributed by atoms with E-state index in [-0.39, 0.29) is 17.6 Å². The second kappa shape index (κ2) is 9.19. The SMILES string of the molecule is CS(=O)(=O)Nc1ccnc(C(c2ccc(F)cc2)C(c2cccnc2)c2cccnc2)n1. The Balaban J connectivity index is 1.92. The smallest absolute Gasteiger partial charge is 0.230 e. The summed E-state index contributed by atoms with van der Waals surface area (Å²) in [6.07, 6.45) is 9.43. The fourth-order valence-corrected chi connectivity index (χ4v) is 4.12. The Labute approximate surface area is 185 Å². The van der Waals surface area contributed by atoms with Crippen molar-refractivity contribution in [1.29, 1.82) is 0 Å². The van der Waals surface area contributed by atoms with Crippen molar-refractivity contribution < 1.29 is 12.8 Å². The molecule has 0 aliphatic rings. The molecular formula is C23H20FN5O2S. The van der Waals surface area contributed by atoms with Crippen LogP contribution >= 0.6 is 0 Å². The summed E-state index contributed by atoms with van der Waals surface area (Å²) in [5.74, 6) is -0.606. The van der Waals surface area contributed by atoms with Gasteiger partial charge in [-0.15, -0.1) is 0 Å². The van der Waals surface area contributed by atoms with Crippen LogP contribution in [0.2, 0.25) is 0 Å². The molecule has 7 nitrogen and oxygen atoms in total. The molecule has 4 rings (SSSR count). The molecule has 9 heteroatoms. The third-order valence-corrected chi connectivity index (χ3v) is 5.47. The lowest BCUT2D eigenvalue weighted by atomic mass is 9.77. The van der Waals surface area contributed by atoms with Crippen molar-refractivity contribution in [2.45, 2.75) is 11.8 Å². The van der Waals surface area contributed by atoms with E-state index in [0.717, 1.165) is 22.9 Å². The van der Waals surface area contributed by atoms with Gasteiger partial charge >= 0.3 is 0 Å².